The molecular formula is C18H14N2O5. The van der Waals surface area contributed by atoms with Crippen molar-refractivity contribution in [1.29, 1.82) is 0 Å². The number of rotatable bonds is 8. The van der Waals surface area contributed by atoms with Gasteiger partial charge in [0.15, 0.2) is 5.78 Å². The van der Waals surface area contributed by atoms with Crippen LogP contribution in [0.4, 0.5) is 5.69 Å². The summed E-state index contributed by atoms with van der Waals surface area (Å²) in [5.41, 5.74) is 1.39. The van der Waals surface area contributed by atoms with Gasteiger partial charge in [-0.2, -0.15) is 4.99 Å². The van der Waals surface area contributed by atoms with E-state index in [0.29, 0.717) is 29.0 Å². The second-order valence-electron chi connectivity index (χ2n) is 5.04. The number of aliphatic imine (C=N–C) groups is 1. The van der Waals surface area contributed by atoms with E-state index in [1.54, 1.807) is 48.5 Å². The van der Waals surface area contributed by atoms with Gasteiger partial charge in [0.2, 0.25) is 6.08 Å². The van der Waals surface area contributed by atoms with Gasteiger partial charge in [-0.05, 0) is 55.0 Å². The van der Waals surface area contributed by atoms with Crippen LogP contribution in [0.25, 0.3) is 0 Å². The van der Waals surface area contributed by atoms with E-state index >= 15 is 0 Å². The SMILES string of the molecule is O=C=Nc1ccc(C(=O)c2ccc(OCCCC(=O)N=O)cc2)cc1. The van der Waals surface area contributed by atoms with E-state index in [1.807, 2.05) is 0 Å². The molecule has 0 bridgehead atoms. The van der Waals surface area contributed by atoms with Crippen molar-refractivity contribution in [2.45, 2.75) is 12.8 Å². The van der Waals surface area contributed by atoms with Crippen LogP contribution in [0.1, 0.15) is 28.8 Å². The molecule has 0 spiro atoms. The zero-order valence-corrected chi connectivity index (χ0v) is 13.2. The third-order valence-electron chi connectivity index (χ3n) is 3.33. The van der Waals surface area contributed by atoms with Gasteiger partial charge in [0, 0.05) is 22.7 Å². The molecule has 7 heteroatoms. The van der Waals surface area contributed by atoms with Crippen LogP contribution < -0.4 is 4.74 Å². The lowest BCUT2D eigenvalue weighted by atomic mass is 10.0. The van der Waals surface area contributed by atoms with Crippen molar-refractivity contribution >= 4 is 23.5 Å². The zero-order valence-electron chi connectivity index (χ0n) is 13.2. The van der Waals surface area contributed by atoms with Gasteiger partial charge in [-0.25, -0.2) is 4.79 Å². The number of nitrogens with zero attached hydrogens (tertiary/aromatic N) is 2. The first-order valence-corrected chi connectivity index (χ1v) is 7.45. The Kier molecular flexibility index (Phi) is 6.45. The van der Waals surface area contributed by atoms with Gasteiger partial charge in [-0.15, -0.1) is 4.91 Å². The fourth-order valence-corrected chi connectivity index (χ4v) is 2.07. The summed E-state index contributed by atoms with van der Waals surface area (Å²) in [6.45, 7) is 0.271. The third-order valence-corrected chi connectivity index (χ3v) is 3.33. The largest absolute Gasteiger partial charge is 0.494 e. The lowest BCUT2D eigenvalue weighted by Gasteiger charge is -2.06. The molecule has 2 aromatic rings. The molecule has 0 aliphatic heterocycles. The molecule has 0 N–H and O–H groups in total. The molecule has 25 heavy (non-hydrogen) atoms. The summed E-state index contributed by atoms with van der Waals surface area (Å²) in [5.74, 6) is -0.316. The van der Waals surface area contributed by atoms with Crippen LogP contribution in [0.2, 0.25) is 0 Å². The minimum Gasteiger partial charge on any atom is -0.494 e. The summed E-state index contributed by atoms with van der Waals surface area (Å²) in [7, 11) is 0. The van der Waals surface area contributed by atoms with Crippen LogP contribution >= 0.6 is 0 Å². The molecule has 0 unspecified atom stereocenters. The van der Waals surface area contributed by atoms with Crippen LogP contribution in [-0.4, -0.2) is 24.4 Å². The Morgan fingerprint density at radius 1 is 0.960 bits per heavy atom. The van der Waals surface area contributed by atoms with Gasteiger partial charge in [0.1, 0.15) is 5.75 Å². The number of ketones is 1. The highest BCUT2D eigenvalue weighted by Crippen LogP contribution is 2.18. The standard InChI is InChI=1S/C18H14N2O5/c21-12-19-15-7-3-13(4-8-15)18(23)14-5-9-16(10-6-14)25-11-1-2-17(22)20-24/h3-10H,1-2,11H2. The van der Waals surface area contributed by atoms with E-state index in [1.165, 1.54) is 6.08 Å². The van der Waals surface area contributed by atoms with Gasteiger partial charge >= 0.3 is 0 Å². The topological polar surface area (TPSA) is 102 Å². The van der Waals surface area contributed by atoms with Crippen LogP contribution in [0.15, 0.2) is 58.7 Å². The van der Waals surface area contributed by atoms with Crippen molar-refractivity contribution in [3.8, 4) is 5.75 Å². The molecule has 1 amide bonds. The predicted octanol–water partition coefficient (Wildman–Crippen LogP) is 3.34. The second-order valence-corrected chi connectivity index (χ2v) is 5.04. The smallest absolute Gasteiger partial charge is 0.286 e. The molecule has 0 saturated carbocycles. The average molecular weight is 338 g/mol. The Hall–Kier alpha value is -3.44. The lowest BCUT2D eigenvalue weighted by molar-refractivity contribution is -0.118. The molecule has 126 valence electrons. The van der Waals surface area contributed by atoms with Crippen molar-refractivity contribution in [2.75, 3.05) is 6.61 Å². The number of ether oxygens (including phenoxy) is 1. The predicted molar refractivity (Wildman–Crippen MR) is 89.6 cm³/mol. The molecule has 0 radical (unpaired) electrons. The molecule has 0 saturated heterocycles. The van der Waals surface area contributed by atoms with E-state index in [9.17, 15) is 19.3 Å². The van der Waals surface area contributed by atoms with E-state index in [-0.39, 0.29) is 18.8 Å². The van der Waals surface area contributed by atoms with Gasteiger partial charge in [-0.3, -0.25) is 9.59 Å². The monoisotopic (exact) mass is 338 g/mol. The van der Waals surface area contributed by atoms with Gasteiger partial charge in [0.25, 0.3) is 5.91 Å². The minimum absolute atomic E-state index is 0.0458. The molecule has 2 rings (SSSR count). The number of isocyanates is 1. The molecule has 7 nitrogen and oxygen atoms in total. The fraction of sp³-hybridized carbons (Fsp3) is 0.167. The second kappa shape index (κ2) is 9.00. The Morgan fingerprint density at radius 3 is 2.12 bits per heavy atom. The third kappa shape index (κ3) is 5.30. The highest BCUT2D eigenvalue weighted by molar-refractivity contribution is 6.09. The van der Waals surface area contributed by atoms with E-state index in [0.717, 1.165) is 0 Å². The Balaban J connectivity index is 1.94. The van der Waals surface area contributed by atoms with Crippen molar-refractivity contribution in [1.82, 2.24) is 0 Å². The lowest BCUT2D eigenvalue weighted by Crippen LogP contribution is -2.03. The Labute approximate surface area is 143 Å². The molecule has 0 atom stereocenters. The average Bonchev–Trinajstić information content (AvgIpc) is 2.66. The zero-order chi connectivity index (χ0) is 18.1. The van der Waals surface area contributed by atoms with Crippen LogP contribution in [0, 0.1) is 4.91 Å². The number of carbonyl (C=O) groups excluding carboxylic acids is 3. The molecule has 2 aromatic carbocycles. The maximum Gasteiger partial charge on any atom is 0.286 e. The summed E-state index contributed by atoms with van der Waals surface area (Å²) in [5, 5.41) is 2.30. The Morgan fingerprint density at radius 2 is 1.56 bits per heavy atom. The van der Waals surface area contributed by atoms with Crippen molar-refractivity contribution in [3.05, 3.63) is 64.6 Å². The van der Waals surface area contributed by atoms with E-state index < -0.39 is 5.91 Å². The quantitative estimate of drug-likeness (QED) is 0.241. The van der Waals surface area contributed by atoms with Gasteiger partial charge < -0.3 is 4.74 Å². The number of nitroso groups, excluding NO2 is 1. The van der Waals surface area contributed by atoms with Gasteiger partial charge in [0.05, 0.1) is 12.3 Å². The summed E-state index contributed by atoms with van der Waals surface area (Å²) in [6.07, 6.45) is 1.87. The number of hydrogen-bond donors (Lipinski definition) is 0. The van der Waals surface area contributed by atoms with Crippen molar-refractivity contribution in [2.24, 2.45) is 10.2 Å². The van der Waals surface area contributed by atoms with Crippen LogP contribution in [0.3, 0.4) is 0 Å². The highest BCUT2D eigenvalue weighted by atomic mass is 16.5. The molecule has 0 aromatic heterocycles. The van der Waals surface area contributed by atoms with E-state index in [2.05, 4.69) is 10.2 Å². The van der Waals surface area contributed by atoms with Crippen LogP contribution in [0.5, 0.6) is 5.75 Å². The molecular weight excluding hydrogens is 324 g/mol. The molecule has 0 heterocycles. The minimum atomic E-state index is -0.700. The number of benzene rings is 2. The maximum atomic E-state index is 12.4. The molecule has 0 aliphatic carbocycles. The number of amides is 1. The molecule has 0 fully saturated rings. The first kappa shape index (κ1) is 17.9. The van der Waals surface area contributed by atoms with Gasteiger partial charge in [-0.1, -0.05) is 0 Å². The first-order chi connectivity index (χ1) is 12.1. The summed E-state index contributed by atoms with van der Waals surface area (Å²) in [4.78, 5) is 46.7. The summed E-state index contributed by atoms with van der Waals surface area (Å²) >= 11 is 0. The summed E-state index contributed by atoms with van der Waals surface area (Å²) < 4.78 is 5.43. The summed E-state index contributed by atoms with van der Waals surface area (Å²) in [6, 6.07) is 12.9. The normalized spacial score (nSPS) is 9.76. The van der Waals surface area contributed by atoms with Crippen LogP contribution in [-0.2, 0) is 9.59 Å². The first-order valence-electron chi connectivity index (χ1n) is 7.45. The molecule has 0 aliphatic rings. The van der Waals surface area contributed by atoms with Crippen molar-refractivity contribution < 1.29 is 19.1 Å². The number of carbonyl (C=O) groups is 2. The highest BCUT2D eigenvalue weighted by Gasteiger charge is 2.09. The fourth-order valence-electron chi connectivity index (χ4n) is 2.07. The Bertz CT molecular complexity index is 806. The maximum absolute atomic E-state index is 12.4. The number of hydrogen-bond acceptors (Lipinski definition) is 6. The van der Waals surface area contributed by atoms with E-state index in [4.69, 9.17) is 4.74 Å². The van der Waals surface area contributed by atoms with Crippen molar-refractivity contribution in [3.63, 3.8) is 0 Å².